The lowest BCUT2D eigenvalue weighted by Gasteiger charge is -2.39. The number of rotatable bonds is 3. The molecular weight excluding hydrogens is 206 g/mol. The Labute approximate surface area is 95.9 Å². The average molecular weight is 231 g/mol. The Morgan fingerprint density at radius 3 is 2.40 bits per heavy atom. The zero-order chi connectivity index (χ0) is 11.5. The van der Waals surface area contributed by atoms with Crippen molar-refractivity contribution in [3.05, 3.63) is 0 Å². The van der Waals surface area contributed by atoms with E-state index in [0.29, 0.717) is 11.1 Å². The summed E-state index contributed by atoms with van der Waals surface area (Å²) in [5.74, 6) is 0. The molecule has 1 aliphatic heterocycles. The van der Waals surface area contributed by atoms with E-state index in [9.17, 15) is 0 Å². The molecule has 0 unspecified atom stereocenters. The van der Waals surface area contributed by atoms with Gasteiger partial charge in [-0.15, -0.1) is 0 Å². The summed E-state index contributed by atoms with van der Waals surface area (Å²) in [4.78, 5) is 0. The molecule has 1 rings (SSSR count). The van der Waals surface area contributed by atoms with Crippen molar-refractivity contribution in [2.24, 2.45) is 0 Å². The van der Waals surface area contributed by atoms with E-state index in [0.717, 1.165) is 19.8 Å². The van der Waals surface area contributed by atoms with Crippen LogP contribution in [0.15, 0.2) is 0 Å². The molecule has 90 valence electrons. The van der Waals surface area contributed by atoms with E-state index < -0.39 is 9.76 Å². The highest BCUT2D eigenvalue weighted by Crippen LogP contribution is 2.25. The molecule has 1 N–H and O–H groups in total. The number of hydrogen-bond acceptors (Lipinski definition) is 3. The molecule has 1 aliphatic rings. The van der Waals surface area contributed by atoms with Crippen molar-refractivity contribution >= 4 is 9.76 Å². The SMILES string of the molecule is CC(C)(C)[SiH2]OC(C)(C)[C@@H]1COCCN1. The highest BCUT2D eigenvalue weighted by molar-refractivity contribution is 6.31. The second kappa shape index (κ2) is 4.95. The van der Waals surface area contributed by atoms with Crippen LogP contribution in [-0.2, 0) is 9.16 Å². The van der Waals surface area contributed by atoms with Gasteiger partial charge >= 0.3 is 0 Å². The first-order chi connectivity index (χ1) is 6.81. The van der Waals surface area contributed by atoms with Crippen molar-refractivity contribution in [3.63, 3.8) is 0 Å². The van der Waals surface area contributed by atoms with E-state index in [1.165, 1.54) is 0 Å². The fourth-order valence-electron chi connectivity index (χ4n) is 1.52. The van der Waals surface area contributed by atoms with Gasteiger partial charge in [-0.2, -0.15) is 0 Å². The zero-order valence-electron chi connectivity index (χ0n) is 10.7. The predicted octanol–water partition coefficient (Wildman–Crippen LogP) is 1.07. The van der Waals surface area contributed by atoms with Gasteiger partial charge < -0.3 is 14.5 Å². The van der Waals surface area contributed by atoms with Gasteiger partial charge in [-0.3, -0.25) is 0 Å². The molecule has 1 atom stereocenters. The lowest BCUT2D eigenvalue weighted by molar-refractivity contribution is -0.0140. The molecule has 1 heterocycles. The molecule has 0 radical (unpaired) electrons. The first kappa shape index (κ1) is 13.2. The topological polar surface area (TPSA) is 30.5 Å². The van der Waals surface area contributed by atoms with Gasteiger partial charge in [-0.25, -0.2) is 0 Å². The average Bonchev–Trinajstić information content (AvgIpc) is 2.16. The maximum atomic E-state index is 6.13. The molecule has 0 amide bonds. The highest BCUT2D eigenvalue weighted by atomic mass is 28.2. The lowest BCUT2D eigenvalue weighted by Crippen LogP contribution is -2.55. The third kappa shape index (κ3) is 4.63. The quantitative estimate of drug-likeness (QED) is 0.737. The molecule has 1 saturated heterocycles. The fourth-order valence-corrected chi connectivity index (χ4v) is 2.52. The molecule has 0 bridgehead atoms. The molecule has 0 saturated carbocycles. The van der Waals surface area contributed by atoms with Gasteiger partial charge in [0, 0.05) is 6.54 Å². The smallest absolute Gasteiger partial charge is 0.167 e. The molecule has 0 aromatic carbocycles. The normalized spacial score (nSPS) is 25.0. The Morgan fingerprint density at radius 2 is 1.93 bits per heavy atom. The Kier molecular flexibility index (Phi) is 4.35. The van der Waals surface area contributed by atoms with Gasteiger partial charge in [0.15, 0.2) is 9.76 Å². The Hall–Kier alpha value is 0.0969. The van der Waals surface area contributed by atoms with E-state index in [1.807, 2.05) is 0 Å². The second-order valence-corrected chi connectivity index (χ2v) is 8.73. The minimum atomic E-state index is -0.495. The lowest BCUT2D eigenvalue weighted by atomic mass is 9.99. The first-order valence-electron chi connectivity index (χ1n) is 5.76. The monoisotopic (exact) mass is 231 g/mol. The summed E-state index contributed by atoms with van der Waals surface area (Å²) in [5, 5.41) is 3.82. The van der Waals surface area contributed by atoms with Crippen molar-refractivity contribution in [2.75, 3.05) is 19.8 Å². The molecular formula is C11H25NO2Si. The Morgan fingerprint density at radius 1 is 1.27 bits per heavy atom. The number of ether oxygens (including phenoxy) is 1. The van der Waals surface area contributed by atoms with Gasteiger partial charge in [0.05, 0.1) is 24.9 Å². The van der Waals surface area contributed by atoms with Gasteiger partial charge in [0.2, 0.25) is 0 Å². The van der Waals surface area contributed by atoms with Gasteiger partial charge in [-0.05, 0) is 18.9 Å². The van der Waals surface area contributed by atoms with E-state index >= 15 is 0 Å². The largest absolute Gasteiger partial charge is 0.417 e. The standard InChI is InChI=1S/C11H25NO2Si/c1-10(2,3)15-14-11(4,5)9-8-13-7-6-12-9/h9,12H,6-8,15H2,1-5H3/t9-/m0/s1. The maximum Gasteiger partial charge on any atom is 0.167 e. The van der Waals surface area contributed by atoms with E-state index in [1.54, 1.807) is 0 Å². The van der Waals surface area contributed by atoms with Crippen LogP contribution in [0.1, 0.15) is 34.6 Å². The van der Waals surface area contributed by atoms with Crippen molar-refractivity contribution in [3.8, 4) is 0 Å². The summed E-state index contributed by atoms with van der Waals surface area (Å²) in [7, 11) is -0.495. The van der Waals surface area contributed by atoms with E-state index in [4.69, 9.17) is 9.16 Å². The number of morpholine rings is 1. The Bertz CT molecular complexity index is 195. The summed E-state index contributed by atoms with van der Waals surface area (Å²) in [6.45, 7) is 13.6. The minimum Gasteiger partial charge on any atom is -0.417 e. The van der Waals surface area contributed by atoms with Crippen molar-refractivity contribution < 1.29 is 9.16 Å². The molecule has 0 aromatic heterocycles. The first-order valence-corrected chi connectivity index (χ1v) is 7.05. The predicted molar refractivity (Wildman–Crippen MR) is 66.0 cm³/mol. The number of hydrogen-bond donors (Lipinski definition) is 1. The van der Waals surface area contributed by atoms with Crippen LogP contribution in [0.2, 0.25) is 5.04 Å². The summed E-state index contributed by atoms with van der Waals surface area (Å²) in [6, 6.07) is 0.334. The van der Waals surface area contributed by atoms with Crippen LogP contribution in [0, 0.1) is 0 Å². The maximum absolute atomic E-state index is 6.13. The molecule has 0 aromatic rings. The molecule has 3 nitrogen and oxygen atoms in total. The molecule has 0 aliphatic carbocycles. The molecule has 15 heavy (non-hydrogen) atoms. The molecule has 0 spiro atoms. The minimum absolute atomic E-state index is 0.0973. The van der Waals surface area contributed by atoms with Crippen LogP contribution < -0.4 is 5.32 Å². The van der Waals surface area contributed by atoms with Crippen molar-refractivity contribution in [1.82, 2.24) is 5.32 Å². The number of nitrogens with one attached hydrogen (secondary N) is 1. The van der Waals surface area contributed by atoms with Crippen LogP contribution >= 0.6 is 0 Å². The Balaban J connectivity index is 2.42. The van der Waals surface area contributed by atoms with E-state index in [2.05, 4.69) is 39.9 Å². The van der Waals surface area contributed by atoms with Crippen LogP contribution in [0.3, 0.4) is 0 Å². The summed E-state index contributed by atoms with van der Waals surface area (Å²) in [5.41, 5.74) is -0.0973. The van der Waals surface area contributed by atoms with Gasteiger partial charge in [-0.1, -0.05) is 20.8 Å². The molecule has 1 fully saturated rings. The van der Waals surface area contributed by atoms with Crippen LogP contribution in [0.5, 0.6) is 0 Å². The summed E-state index contributed by atoms with van der Waals surface area (Å²) in [6.07, 6.45) is 0. The fraction of sp³-hybridized carbons (Fsp3) is 1.00. The zero-order valence-corrected chi connectivity index (χ0v) is 12.1. The summed E-state index contributed by atoms with van der Waals surface area (Å²) < 4.78 is 11.6. The van der Waals surface area contributed by atoms with E-state index in [-0.39, 0.29) is 5.60 Å². The highest BCUT2D eigenvalue weighted by Gasteiger charge is 2.32. The van der Waals surface area contributed by atoms with Gasteiger partial charge in [0.1, 0.15) is 0 Å². The van der Waals surface area contributed by atoms with Crippen LogP contribution in [0.4, 0.5) is 0 Å². The third-order valence-corrected chi connectivity index (χ3v) is 4.39. The van der Waals surface area contributed by atoms with Gasteiger partial charge in [0.25, 0.3) is 0 Å². The van der Waals surface area contributed by atoms with Crippen LogP contribution in [-0.4, -0.2) is 41.2 Å². The molecule has 4 heteroatoms. The third-order valence-electron chi connectivity index (χ3n) is 2.64. The van der Waals surface area contributed by atoms with Crippen molar-refractivity contribution in [2.45, 2.75) is 51.3 Å². The van der Waals surface area contributed by atoms with Crippen LogP contribution in [0.25, 0.3) is 0 Å². The second-order valence-electron chi connectivity index (χ2n) is 6.03. The summed E-state index contributed by atoms with van der Waals surface area (Å²) >= 11 is 0. The van der Waals surface area contributed by atoms with Crippen molar-refractivity contribution in [1.29, 1.82) is 0 Å².